The van der Waals surface area contributed by atoms with E-state index in [-0.39, 0.29) is 0 Å². The number of aryl methyl sites for hydroxylation is 1. The fourth-order valence-corrected chi connectivity index (χ4v) is 1.19. The van der Waals surface area contributed by atoms with Gasteiger partial charge in [-0.1, -0.05) is 67.2 Å². The van der Waals surface area contributed by atoms with Crippen molar-refractivity contribution in [3.05, 3.63) is 35.7 Å². The van der Waals surface area contributed by atoms with Crippen LogP contribution >= 0.6 is 0 Å². The van der Waals surface area contributed by atoms with E-state index in [0.29, 0.717) is 0 Å². The zero-order chi connectivity index (χ0) is 15.1. The third-order valence-electron chi connectivity index (χ3n) is 1.99. The van der Waals surface area contributed by atoms with Crippen LogP contribution in [0.3, 0.4) is 0 Å². The zero-order valence-corrected chi connectivity index (χ0v) is 13.8. The van der Waals surface area contributed by atoms with Crippen LogP contribution < -0.4 is 0 Å². The molecular weight excluding hydrogens is 218 g/mol. The molecule has 0 fully saturated rings. The molecule has 0 unspecified atom stereocenters. The molecule has 1 N–H and O–H groups in total. The highest BCUT2D eigenvalue weighted by Crippen LogP contribution is 2.19. The first-order valence-electron chi connectivity index (χ1n) is 7.06. The normalized spacial score (nSPS) is 7.56. The molecule has 0 bridgehead atoms. The van der Waals surface area contributed by atoms with Crippen LogP contribution in [0, 0.1) is 13.8 Å². The minimum absolute atomic E-state index is 1.06. The van der Waals surface area contributed by atoms with Gasteiger partial charge in [-0.25, -0.2) is 0 Å². The van der Waals surface area contributed by atoms with Crippen LogP contribution in [0.1, 0.15) is 70.5 Å². The van der Waals surface area contributed by atoms with Gasteiger partial charge in [0.15, 0.2) is 0 Å². The minimum Gasteiger partial charge on any atom is -0.358 e. The summed E-state index contributed by atoms with van der Waals surface area (Å²) in [4.78, 5) is 3.22. The predicted octanol–water partition coefficient (Wildman–Crippen LogP) is 6.39. The Labute approximate surface area is 115 Å². The second-order valence-electron chi connectivity index (χ2n) is 3.32. The Morgan fingerprint density at radius 3 is 1.56 bits per heavy atom. The second-order valence-corrected chi connectivity index (χ2v) is 3.32. The molecule has 1 heteroatoms. The first-order valence-corrected chi connectivity index (χ1v) is 7.06. The predicted molar refractivity (Wildman–Crippen MR) is 89.1 cm³/mol. The molecule has 0 radical (unpaired) electrons. The Kier molecular flexibility index (Phi) is 19.3. The standard InChI is InChI=1S/C10H13N.C3H8.2C2H6/c1-5-9-7(3)8(4)11-10(9)6-2;1-3-2;2*1-2/h5-6,11H,1-2H2,3-4H3;3H2,1-2H3;2*1-2H3. The molecule has 0 aliphatic heterocycles. The molecule has 0 amide bonds. The van der Waals surface area contributed by atoms with Gasteiger partial charge in [-0.2, -0.15) is 0 Å². The maximum Gasteiger partial charge on any atom is 0.0452 e. The van der Waals surface area contributed by atoms with E-state index in [4.69, 9.17) is 0 Å². The van der Waals surface area contributed by atoms with Gasteiger partial charge < -0.3 is 4.98 Å². The number of H-pyrrole nitrogens is 1. The van der Waals surface area contributed by atoms with Gasteiger partial charge in [0.2, 0.25) is 0 Å². The smallest absolute Gasteiger partial charge is 0.0452 e. The summed E-state index contributed by atoms with van der Waals surface area (Å²) >= 11 is 0. The largest absolute Gasteiger partial charge is 0.358 e. The number of hydrogen-bond donors (Lipinski definition) is 1. The third-order valence-corrected chi connectivity index (χ3v) is 1.99. The van der Waals surface area contributed by atoms with Crippen molar-refractivity contribution in [2.75, 3.05) is 0 Å². The number of aromatic amines is 1. The summed E-state index contributed by atoms with van der Waals surface area (Å²) < 4.78 is 0. The molecular formula is C17H33N. The van der Waals surface area contributed by atoms with E-state index in [2.05, 4.69) is 45.8 Å². The molecule has 0 saturated carbocycles. The Morgan fingerprint density at radius 2 is 1.33 bits per heavy atom. The van der Waals surface area contributed by atoms with Crippen molar-refractivity contribution in [2.45, 2.75) is 61.8 Å². The number of hydrogen-bond acceptors (Lipinski definition) is 0. The first-order chi connectivity index (χ1) is 8.62. The average Bonchev–Trinajstić information content (AvgIpc) is 2.70. The molecule has 1 nitrogen and oxygen atoms in total. The quantitative estimate of drug-likeness (QED) is 0.627. The number of rotatable bonds is 2. The van der Waals surface area contributed by atoms with Crippen molar-refractivity contribution in [2.24, 2.45) is 0 Å². The highest BCUT2D eigenvalue weighted by atomic mass is 14.7. The van der Waals surface area contributed by atoms with Crippen molar-refractivity contribution >= 4 is 12.2 Å². The summed E-state index contributed by atoms with van der Waals surface area (Å²) in [6.45, 7) is 23.8. The Balaban J connectivity index is -0.000000274. The molecule has 1 rings (SSSR count). The van der Waals surface area contributed by atoms with Crippen LogP contribution in [-0.4, -0.2) is 4.98 Å². The van der Waals surface area contributed by atoms with Crippen LogP contribution in [0.25, 0.3) is 12.2 Å². The lowest BCUT2D eigenvalue weighted by atomic mass is 10.1. The summed E-state index contributed by atoms with van der Waals surface area (Å²) in [6, 6.07) is 0. The van der Waals surface area contributed by atoms with Crippen LogP contribution in [0.4, 0.5) is 0 Å². The van der Waals surface area contributed by atoms with E-state index >= 15 is 0 Å². The Morgan fingerprint density at radius 1 is 0.944 bits per heavy atom. The van der Waals surface area contributed by atoms with E-state index < -0.39 is 0 Å². The van der Waals surface area contributed by atoms with Gasteiger partial charge in [-0.05, 0) is 25.5 Å². The number of aromatic nitrogens is 1. The summed E-state index contributed by atoms with van der Waals surface area (Å²) in [5.41, 5.74) is 4.68. The van der Waals surface area contributed by atoms with E-state index in [9.17, 15) is 0 Å². The molecule has 0 spiro atoms. The Hall–Kier alpha value is -1.24. The summed E-state index contributed by atoms with van der Waals surface area (Å²) in [7, 11) is 0. The van der Waals surface area contributed by atoms with Gasteiger partial charge in [0.05, 0.1) is 0 Å². The van der Waals surface area contributed by atoms with Crippen molar-refractivity contribution in [1.82, 2.24) is 4.98 Å². The average molecular weight is 251 g/mol. The maximum atomic E-state index is 3.75. The zero-order valence-electron chi connectivity index (χ0n) is 13.8. The van der Waals surface area contributed by atoms with Crippen molar-refractivity contribution in [1.29, 1.82) is 0 Å². The molecule has 106 valence electrons. The molecule has 0 aromatic carbocycles. The van der Waals surface area contributed by atoms with Gasteiger partial charge in [0, 0.05) is 17.0 Å². The van der Waals surface area contributed by atoms with Gasteiger partial charge in [0.1, 0.15) is 0 Å². The van der Waals surface area contributed by atoms with Crippen molar-refractivity contribution in [3.63, 3.8) is 0 Å². The lowest BCUT2D eigenvalue weighted by Crippen LogP contribution is -1.74. The maximum absolute atomic E-state index is 3.75. The van der Waals surface area contributed by atoms with Crippen LogP contribution in [0.5, 0.6) is 0 Å². The van der Waals surface area contributed by atoms with E-state index in [0.717, 1.165) is 11.3 Å². The number of nitrogens with one attached hydrogen (secondary N) is 1. The van der Waals surface area contributed by atoms with Crippen LogP contribution in [0.15, 0.2) is 13.2 Å². The minimum atomic E-state index is 1.06. The highest BCUT2D eigenvalue weighted by molar-refractivity contribution is 5.65. The first kappa shape index (κ1) is 22.0. The molecule has 0 saturated heterocycles. The van der Waals surface area contributed by atoms with Crippen LogP contribution in [0.2, 0.25) is 0 Å². The van der Waals surface area contributed by atoms with Gasteiger partial charge in [0.25, 0.3) is 0 Å². The van der Waals surface area contributed by atoms with Gasteiger partial charge in [-0.15, -0.1) is 0 Å². The molecule has 0 aliphatic rings. The van der Waals surface area contributed by atoms with Crippen molar-refractivity contribution < 1.29 is 0 Å². The van der Waals surface area contributed by atoms with E-state index in [1.54, 1.807) is 0 Å². The van der Waals surface area contributed by atoms with E-state index in [1.165, 1.54) is 17.7 Å². The van der Waals surface area contributed by atoms with Gasteiger partial charge in [-0.3, -0.25) is 0 Å². The van der Waals surface area contributed by atoms with E-state index in [1.807, 2.05) is 39.8 Å². The molecule has 18 heavy (non-hydrogen) atoms. The topological polar surface area (TPSA) is 15.8 Å². The summed E-state index contributed by atoms with van der Waals surface area (Å²) in [6.07, 6.45) is 4.92. The molecule has 0 atom stereocenters. The summed E-state index contributed by atoms with van der Waals surface area (Å²) in [5.74, 6) is 0. The fourth-order valence-electron chi connectivity index (χ4n) is 1.19. The molecule has 1 heterocycles. The molecule has 0 aliphatic carbocycles. The van der Waals surface area contributed by atoms with Gasteiger partial charge >= 0.3 is 0 Å². The molecule has 1 aromatic rings. The third kappa shape index (κ3) is 7.94. The Bertz CT molecular complexity index is 306. The lowest BCUT2D eigenvalue weighted by molar-refractivity contribution is 1.09. The SMILES string of the molecule is C=Cc1[nH]c(C)c(C)c1C=C.CC.CC.CCC. The fraction of sp³-hybridized carbons (Fsp3) is 0.529. The monoisotopic (exact) mass is 251 g/mol. The highest BCUT2D eigenvalue weighted by Gasteiger charge is 2.04. The molecule has 1 aromatic heterocycles. The summed E-state index contributed by atoms with van der Waals surface area (Å²) in [5, 5.41) is 0. The van der Waals surface area contributed by atoms with Crippen molar-refractivity contribution in [3.8, 4) is 0 Å². The van der Waals surface area contributed by atoms with Crippen LogP contribution in [-0.2, 0) is 0 Å². The lowest BCUT2D eigenvalue weighted by Gasteiger charge is -1.91. The second kappa shape index (κ2) is 15.8.